The molecule has 0 bridgehead atoms. The summed E-state index contributed by atoms with van der Waals surface area (Å²) in [5, 5.41) is 10.9. The molecule has 2 rings (SSSR count). The summed E-state index contributed by atoms with van der Waals surface area (Å²) in [6.45, 7) is 3.51. The third kappa shape index (κ3) is 3.00. The fourth-order valence-corrected chi connectivity index (χ4v) is 3.68. The van der Waals surface area contributed by atoms with Crippen molar-refractivity contribution in [3.63, 3.8) is 0 Å². The minimum Gasteiger partial charge on any atom is -0.395 e. The maximum absolute atomic E-state index is 12.5. The summed E-state index contributed by atoms with van der Waals surface area (Å²) in [4.78, 5) is 0.245. The SMILES string of the molecule is CC(C)[C@@H](CO)NS(=O)(=O)c1cccc2ccccc12. The molecular formula is C15H19NO3S. The first-order chi connectivity index (χ1) is 9.45. The van der Waals surface area contributed by atoms with Crippen molar-refractivity contribution in [1.29, 1.82) is 0 Å². The second kappa shape index (κ2) is 5.91. The van der Waals surface area contributed by atoms with Crippen molar-refractivity contribution in [2.45, 2.75) is 24.8 Å². The third-order valence-corrected chi connectivity index (χ3v) is 4.90. The van der Waals surface area contributed by atoms with Crippen LogP contribution in [-0.2, 0) is 10.0 Å². The highest BCUT2D eigenvalue weighted by Gasteiger charge is 2.23. The molecule has 2 N–H and O–H groups in total. The lowest BCUT2D eigenvalue weighted by molar-refractivity contribution is 0.228. The predicted octanol–water partition coefficient (Wildman–Crippen LogP) is 2.13. The van der Waals surface area contributed by atoms with Crippen LogP contribution in [0.1, 0.15) is 13.8 Å². The minimum absolute atomic E-state index is 0.0183. The van der Waals surface area contributed by atoms with Crippen LogP contribution < -0.4 is 4.72 Å². The monoisotopic (exact) mass is 293 g/mol. The Bertz CT molecular complexity index is 690. The van der Waals surface area contributed by atoms with Gasteiger partial charge in [-0.3, -0.25) is 0 Å². The van der Waals surface area contributed by atoms with E-state index in [0.29, 0.717) is 5.39 Å². The van der Waals surface area contributed by atoms with Crippen LogP contribution in [-0.4, -0.2) is 26.2 Å². The number of rotatable bonds is 5. The first-order valence-corrected chi connectivity index (χ1v) is 8.05. The molecule has 20 heavy (non-hydrogen) atoms. The minimum atomic E-state index is -3.65. The van der Waals surface area contributed by atoms with E-state index in [9.17, 15) is 13.5 Å². The lowest BCUT2D eigenvalue weighted by Crippen LogP contribution is -2.41. The average molecular weight is 293 g/mol. The van der Waals surface area contributed by atoms with Gasteiger partial charge in [-0.2, -0.15) is 0 Å². The van der Waals surface area contributed by atoms with Gasteiger partial charge in [0.2, 0.25) is 10.0 Å². The second-order valence-electron chi connectivity index (χ2n) is 5.13. The first-order valence-electron chi connectivity index (χ1n) is 6.56. The number of hydrogen-bond acceptors (Lipinski definition) is 3. The normalized spacial score (nSPS) is 13.8. The standard InChI is InChI=1S/C15H19NO3S/c1-11(2)14(10-17)16-20(18,19)15-9-5-7-12-6-3-4-8-13(12)15/h3-9,11,14,16-17H,10H2,1-2H3/t14-/m1/s1. The van der Waals surface area contributed by atoms with Gasteiger partial charge in [-0.05, 0) is 17.4 Å². The molecule has 0 saturated carbocycles. The van der Waals surface area contributed by atoms with Crippen LogP contribution in [0.5, 0.6) is 0 Å². The van der Waals surface area contributed by atoms with Crippen LogP contribution in [0.25, 0.3) is 10.8 Å². The van der Waals surface area contributed by atoms with Crippen molar-refractivity contribution in [2.75, 3.05) is 6.61 Å². The second-order valence-corrected chi connectivity index (χ2v) is 6.81. The average Bonchev–Trinajstić information content (AvgIpc) is 2.43. The van der Waals surface area contributed by atoms with Gasteiger partial charge in [0.15, 0.2) is 0 Å². The Kier molecular flexibility index (Phi) is 4.42. The number of aliphatic hydroxyl groups is 1. The van der Waals surface area contributed by atoms with Gasteiger partial charge in [-0.25, -0.2) is 13.1 Å². The quantitative estimate of drug-likeness (QED) is 0.887. The van der Waals surface area contributed by atoms with E-state index in [0.717, 1.165) is 5.39 Å². The Balaban J connectivity index is 2.47. The van der Waals surface area contributed by atoms with E-state index in [2.05, 4.69) is 4.72 Å². The lowest BCUT2D eigenvalue weighted by atomic mass is 10.1. The van der Waals surface area contributed by atoms with Gasteiger partial charge in [0.1, 0.15) is 0 Å². The number of benzene rings is 2. The van der Waals surface area contributed by atoms with Crippen molar-refractivity contribution in [1.82, 2.24) is 4.72 Å². The summed E-state index contributed by atoms with van der Waals surface area (Å²) in [6, 6.07) is 12.0. The number of hydrogen-bond donors (Lipinski definition) is 2. The zero-order chi connectivity index (χ0) is 14.8. The van der Waals surface area contributed by atoms with Gasteiger partial charge in [-0.15, -0.1) is 0 Å². The summed E-state index contributed by atoms with van der Waals surface area (Å²) >= 11 is 0. The zero-order valence-corrected chi connectivity index (χ0v) is 12.4. The van der Waals surface area contributed by atoms with Crippen molar-refractivity contribution in [2.24, 2.45) is 5.92 Å². The number of nitrogens with one attached hydrogen (secondary N) is 1. The van der Waals surface area contributed by atoms with Crippen LogP contribution in [0.3, 0.4) is 0 Å². The fraction of sp³-hybridized carbons (Fsp3) is 0.333. The van der Waals surface area contributed by atoms with Gasteiger partial charge >= 0.3 is 0 Å². The van der Waals surface area contributed by atoms with Gasteiger partial charge in [0, 0.05) is 11.4 Å². The smallest absolute Gasteiger partial charge is 0.241 e. The summed E-state index contributed by atoms with van der Waals surface area (Å²) in [5.74, 6) is 0.0183. The molecule has 2 aromatic rings. The molecule has 0 aromatic heterocycles. The molecule has 0 unspecified atom stereocenters. The molecule has 0 amide bonds. The summed E-state index contributed by atoms with van der Waals surface area (Å²) < 4.78 is 27.6. The maximum Gasteiger partial charge on any atom is 0.241 e. The Morgan fingerprint density at radius 1 is 1.10 bits per heavy atom. The van der Waals surface area contributed by atoms with Crippen LogP contribution in [0.15, 0.2) is 47.4 Å². The maximum atomic E-state index is 12.5. The predicted molar refractivity (Wildman–Crippen MR) is 80.0 cm³/mol. The highest BCUT2D eigenvalue weighted by molar-refractivity contribution is 7.89. The van der Waals surface area contributed by atoms with E-state index >= 15 is 0 Å². The molecule has 0 aliphatic heterocycles. The summed E-state index contributed by atoms with van der Waals surface area (Å²) in [6.07, 6.45) is 0. The van der Waals surface area contributed by atoms with E-state index < -0.39 is 16.1 Å². The summed E-state index contributed by atoms with van der Waals surface area (Å²) in [5.41, 5.74) is 0. The third-order valence-electron chi connectivity index (χ3n) is 3.35. The van der Waals surface area contributed by atoms with Crippen molar-refractivity contribution < 1.29 is 13.5 Å². The molecule has 0 aliphatic rings. The zero-order valence-electron chi connectivity index (χ0n) is 11.6. The van der Waals surface area contributed by atoms with E-state index in [-0.39, 0.29) is 17.4 Å². The molecule has 0 radical (unpaired) electrons. The molecule has 0 heterocycles. The molecule has 0 saturated heterocycles. The highest BCUT2D eigenvalue weighted by atomic mass is 32.2. The van der Waals surface area contributed by atoms with Crippen LogP contribution >= 0.6 is 0 Å². The topological polar surface area (TPSA) is 66.4 Å². The lowest BCUT2D eigenvalue weighted by Gasteiger charge is -2.20. The number of fused-ring (bicyclic) bond motifs is 1. The summed E-state index contributed by atoms with van der Waals surface area (Å²) in [7, 11) is -3.65. The molecule has 108 valence electrons. The van der Waals surface area contributed by atoms with E-state index in [4.69, 9.17) is 0 Å². The van der Waals surface area contributed by atoms with E-state index in [1.54, 1.807) is 18.2 Å². The van der Waals surface area contributed by atoms with Gasteiger partial charge in [0.05, 0.1) is 11.5 Å². The molecule has 1 atom stereocenters. The van der Waals surface area contributed by atoms with Crippen LogP contribution in [0, 0.1) is 5.92 Å². The van der Waals surface area contributed by atoms with Crippen molar-refractivity contribution in [3.05, 3.63) is 42.5 Å². The van der Waals surface area contributed by atoms with E-state index in [1.807, 2.05) is 38.1 Å². The molecule has 0 fully saturated rings. The van der Waals surface area contributed by atoms with Crippen molar-refractivity contribution >= 4 is 20.8 Å². The Hall–Kier alpha value is -1.43. The number of sulfonamides is 1. The first kappa shape index (κ1) is 15.0. The molecule has 5 heteroatoms. The van der Waals surface area contributed by atoms with Crippen LogP contribution in [0.2, 0.25) is 0 Å². The number of aliphatic hydroxyl groups excluding tert-OH is 1. The molecule has 2 aromatic carbocycles. The Morgan fingerprint density at radius 2 is 1.75 bits per heavy atom. The van der Waals surface area contributed by atoms with Gasteiger partial charge in [-0.1, -0.05) is 50.2 Å². The van der Waals surface area contributed by atoms with Gasteiger partial charge in [0.25, 0.3) is 0 Å². The van der Waals surface area contributed by atoms with Gasteiger partial charge < -0.3 is 5.11 Å². The Morgan fingerprint density at radius 3 is 2.40 bits per heavy atom. The molecule has 4 nitrogen and oxygen atoms in total. The molecular weight excluding hydrogens is 274 g/mol. The van der Waals surface area contributed by atoms with E-state index in [1.165, 1.54) is 0 Å². The largest absolute Gasteiger partial charge is 0.395 e. The Labute approximate surface area is 119 Å². The molecule has 0 aliphatic carbocycles. The highest BCUT2D eigenvalue weighted by Crippen LogP contribution is 2.23. The van der Waals surface area contributed by atoms with Crippen molar-refractivity contribution in [3.8, 4) is 0 Å². The van der Waals surface area contributed by atoms with Crippen LogP contribution in [0.4, 0.5) is 0 Å². The fourth-order valence-electron chi connectivity index (χ4n) is 2.08. The molecule has 0 spiro atoms.